The Bertz CT molecular complexity index is 1200. The Morgan fingerprint density at radius 1 is 0.969 bits per heavy atom. The van der Waals surface area contributed by atoms with Gasteiger partial charge in [0.25, 0.3) is 5.56 Å². The van der Waals surface area contributed by atoms with Gasteiger partial charge in [-0.05, 0) is 31.5 Å². The number of benzene rings is 1. The molecule has 0 aliphatic carbocycles. The second-order valence-corrected chi connectivity index (χ2v) is 9.13. The SMILES string of the molecule is Cc1cc(N2CCN(c3cnn(-c4ccc(C)c(Cl)c4)c(=O)c3Cl)CC2)nc(C(C)C)n1. The number of rotatable bonds is 4. The summed E-state index contributed by atoms with van der Waals surface area (Å²) in [4.78, 5) is 26.5. The van der Waals surface area contributed by atoms with Gasteiger partial charge >= 0.3 is 0 Å². The highest BCUT2D eigenvalue weighted by atomic mass is 35.5. The van der Waals surface area contributed by atoms with Crippen LogP contribution in [0.4, 0.5) is 11.5 Å². The maximum Gasteiger partial charge on any atom is 0.292 e. The first-order valence-electron chi connectivity index (χ1n) is 10.6. The monoisotopic (exact) mass is 472 g/mol. The van der Waals surface area contributed by atoms with Crippen molar-refractivity contribution in [1.82, 2.24) is 19.7 Å². The minimum absolute atomic E-state index is 0.158. The molecule has 1 aromatic carbocycles. The zero-order valence-electron chi connectivity index (χ0n) is 18.6. The summed E-state index contributed by atoms with van der Waals surface area (Å²) in [5.74, 6) is 2.07. The van der Waals surface area contributed by atoms with Gasteiger partial charge in [0, 0.05) is 48.9 Å². The average molecular weight is 473 g/mol. The van der Waals surface area contributed by atoms with Crippen molar-refractivity contribution in [3.05, 3.63) is 67.9 Å². The maximum absolute atomic E-state index is 12.9. The number of piperazine rings is 1. The van der Waals surface area contributed by atoms with E-state index in [0.29, 0.717) is 29.5 Å². The zero-order chi connectivity index (χ0) is 23.0. The standard InChI is InChI=1S/C23H26Cl2N6O/c1-14(2)22-27-16(4)11-20(28-22)30-9-7-29(8-10-30)19-13-26-31(23(32)21(19)25)17-6-5-15(3)18(24)12-17/h5-6,11-14H,7-10H2,1-4H3. The molecule has 1 fully saturated rings. The topological polar surface area (TPSA) is 67.2 Å². The molecule has 9 heteroatoms. The van der Waals surface area contributed by atoms with E-state index < -0.39 is 0 Å². The van der Waals surface area contributed by atoms with Crippen molar-refractivity contribution < 1.29 is 0 Å². The lowest BCUT2D eigenvalue weighted by Gasteiger charge is -2.37. The van der Waals surface area contributed by atoms with Gasteiger partial charge < -0.3 is 9.80 Å². The van der Waals surface area contributed by atoms with Crippen molar-refractivity contribution in [1.29, 1.82) is 0 Å². The summed E-state index contributed by atoms with van der Waals surface area (Å²) in [6, 6.07) is 7.39. The molecule has 0 amide bonds. The van der Waals surface area contributed by atoms with Gasteiger partial charge in [-0.15, -0.1) is 0 Å². The van der Waals surface area contributed by atoms with Crippen LogP contribution in [0.1, 0.15) is 36.8 Å². The number of halogens is 2. The fraction of sp³-hybridized carbons (Fsp3) is 0.391. The van der Waals surface area contributed by atoms with Crippen molar-refractivity contribution in [3.63, 3.8) is 0 Å². The van der Waals surface area contributed by atoms with E-state index in [1.807, 2.05) is 26.0 Å². The van der Waals surface area contributed by atoms with E-state index in [-0.39, 0.29) is 16.5 Å². The van der Waals surface area contributed by atoms with Crippen LogP contribution in [-0.4, -0.2) is 45.9 Å². The second kappa shape index (κ2) is 9.08. The number of nitrogens with zero attached hydrogens (tertiary/aromatic N) is 6. The predicted octanol–water partition coefficient (Wildman–Crippen LogP) is 4.40. The van der Waals surface area contributed by atoms with E-state index in [4.69, 9.17) is 28.2 Å². The van der Waals surface area contributed by atoms with Gasteiger partial charge in [0.2, 0.25) is 0 Å². The van der Waals surface area contributed by atoms with E-state index >= 15 is 0 Å². The Hall–Kier alpha value is -2.64. The van der Waals surface area contributed by atoms with Crippen LogP contribution in [0.2, 0.25) is 10.0 Å². The highest BCUT2D eigenvalue weighted by Crippen LogP contribution is 2.26. The molecule has 0 radical (unpaired) electrons. The molecule has 1 aliphatic heterocycles. The highest BCUT2D eigenvalue weighted by molar-refractivity contribution is 6.33. The Balaban J connectivity index is 1.53. The Labute approximate surface area is 197 Å². The maximum atomic E-state index is 12.9. The molecule has 0 spiro atoms. The van der Waals surface area contributed by atoms with Gasteiger partial charge in [-0.3, -0.25) is 4.79 Å². The third-order valence-electron chi connectivity index (χ3n) is 5.62. The zero-order valence-corrected chi connectivity index (χ0v) is 20.2. The molecule has 32 heavy (non-hydrogen) atoms. The Kier molecular flexibility index (Phi) is 6.40. The molecule has 0 N–H and O–H groups in total. The smallest absolute Gasteiger partial charge is 0.292 e. The number of aromatic nitrogens is 4. The molecular formula is C23H26Cl2N6O. The molecule has 3 aromatic rings. The summed E-state index contributed by atoms with van der Waals surface area (Å²) >= 11 is 12.7. The molecule has 2 aromatic heterocycles. The lowest BCUT2D eigenvalue weighted by Crippen LogP contribution is -2.47. The van der Waals surface area contributed by atoms with E-state index in [1.165, 1.54) is 4.68 Å². The third-order valence-corrected chi connectivity index (χ3v) is 6.38. The fourth-order valence-electron chi connectivity index (χ4n) is 3.71. The van der Waals surface area contributed by atoms with Gasteiger partial charge in [0.1, 0.15) is 16.7 Å². The molecule has 3 heterocycles. The van der Waals surface area contributed by atoms with Crippen molar-refractivity contribution in [2.24, 2.45) is 0 Å². The molecule has 0 atom stereocenters. The van der Waals surface area contributed by atoms with E-state index in [0.717, 1.165) is 36.0 Å². The molecule has 7 nitrogen and oxygen atoms in total. The van der Waals surface area contributed by atoms with E-state index in [1.54, 1.807) is 18.3 Å². The normalized spacial score (nSPS) is 14.3. The van der Waals surface area contributed by atoms with Gasteiger partial charge in [-0.25, -0.2) is 9.97 Å². The number of hydrogen-bond donors (Lipinski definition) is 0. The summed E-state index contributed by atoms with van der Waals surface area (Å²) in [5.41, 5.74) is 2.77. The molecule has 0 unspecified atom stereocenters. The van der Waals surface area contributed by atoms with Crippen LogP contribution in [-0.2, 0) is 0 Å². The summed E-state index contributed by atoms with van der Waals surface area (Å²) < 4.78 is 1.28. The van der Waals surface area contributed by atoms with Crippen LogP contribution in [0.3, 0.4) is 0 Å². The van der Waals surface area contributed by atoms with Gasteiger partial charge in [0.15, 0.2) is 0 Å². The summed E-state index contributed by atoms with van der Waals surface area (Å²) in [6.07, 6.45) is 1.65. The van der Waals surface area contributed by atoms with Crippen LogP contribution in [0, 0.1) is 13.8 Å². The van der Waals surface area contributed by atoms with Gasteiger partial charge in [-0.1, -0.05) is 43.1 Å². The Morgan fingerprint density at radius 2 is 1.66 bits per heavy atom. The first kappa shape index (κ1) is 22.6. The molecular weight excluding hydrogens is 447 g/mol. The predicted molar refractivity (Wildman–Crippen MR) is 130 cm³/mol. The fourth-order valence-corrected chi connectivity index (χ4v) is 4.14. The van der Waals surface area contributed by atoms with Crippen LogP contribution in [0.5, 0.6) is 0 Å². The van der Waals surface area contributed by atoms with Crippen molar-refractivity contribution >= 4 is 34.7 Å². The highest BCUT2D eigenvalue weighted by Gasteiger charge is 2.23. The lowest BCUT2D eigenvalue weighted by molar-refractivity contribution is 0.637. The van der Waals surface area contributed by atoms with Crippen molar-refractivity contribution in [3.8, 4) is 5.69 Å². The summed E-state index contributed by atoms with van der Waals surface area (Å²) in [6.45, 7) is 11.0. The average Bonchev–Trinajstić information content (AvgIpc) is 2.77. The van der Waals surface area contributed by atoms with E-state index in [9.17, 15) is 4.79 Å². The van der Waals surface area contributed by atoms with Gasteiger partial charge in [0.05, 0.1) is 17.6 Å². The van der Waals surface area contributed by atoms with Crippen molar-refractivity contribution in [2.75, 3.05) is 36.0 Å². The largest absolute Gasteiger partial charge is 0.365 e. The summed E-state index contributed by atoms with van der Waals surface area (Å²) in [5, 5.41) is 5.09. The molecule has 168 valence electrons. The number of aryl methyl sites for hydroxylation is 2. The first-order valence-corrected chi connectivity index (χ1v) is 11.4. The van der Waals surface area contributed by atoms with Crippen LogP contribution in [0.15, 0.2) is 35.3 Å². The molecule has 1 saturated heterocycles. The number of hydrogen-bond acceptors (Lipinski definition) is 6. The van der Waals surface area contributed by atoms with Crippen LogP contribution in [0.25, 0.3) is 5.69 Å². The molecule has 0 bridgehead atoms. The number of anilines is 2. The molecule has 4 rings (SSSR count). The molecule has 0 saturated carbocycles. The second-order valence-electron chi connectivity index (χ2n) is 8.35. The lowest BCUT2D eigenvalue weighted by atomic mass is 10.2. The van der Waals surface area contributed by atoms with Crippen molar-refractivity contribution in [2.45, 2.75) is 33.6 Å². The first-order chi connectivity index (χ1) is 15.2. The van der Waals surface area contributed by atoms with Crippen LogP contribution >= 0.6 is 23.2 Å². The Morgan fingerprint density at radius 3 is 2.31 bits per heavy atom. The minimum atomic E-state index is -0.362. The molecule has 1 aliphatic rings. The van der Waals surface area contributed by atoms with E-state index in [2.05, 4.69) is 33.7 Å². The van der Waals surface area contributed by atoms with Gasteiger partial charge in [-0.2, -0.15) is 9.78 Å². The quantitative estimate of drug-likeness (QED) is 0.560. The summed E-state index contributed by atoms with van der Waals surface area (Å²) in [7, 11) is 0. The van der Waals surface area contributed by atoms with Crippen LogP contribution < -0.4 is 15.4 Å². The minimum Gasteiger partial charge on any atom is -0.365 e. The third kappa shape index (κ3) is 4.45.